The molecule has 1 aromatic rings. The Morgan fingerprint density at radius 2 is 2.12 bits per heavy atom. The second-order valence-electron chi connectivity index (χ2n) is 5.75. The molecule has 94 valence electrons. The van der Waals surface area contributed by atoms with Gasteiger partial charge in [0.1, 0.15) is 0 Å². The number of nitrogens with zero attached hydrogens (tertiary/aromatic N) is 1. The van der Waals surface area contributed by atoms with E-state index >= 15 is 0 Å². The first-order chi connectivity index (χ1) is 7.94. The Bertz CT molecular complexity index is 410. The van der Waals surface area contributed by atoms with Gasteiger partial charge in [0.15, 0.2) is 0 Å². The molecule has 0 bridgehead atoms. The third-order valence-corrected chi connectivity index (χ3v) is 3.31. The lowest BCUT2D eigenvalue weighted by Crippen LogP contribution is -2.51. The molecule has 3 nitrogen and oxygen atoms in total. The summed E-state index contributed by atoms with van der Waals surface area (Å²) in [6, 6.07) is 6.88. The van der Waals surface area contributed by atoms with Gasteiger partial charge in [0.05, 0.1) is 11.4 Å². The molecule has 3 N–H and O–H groups in total. The standard InChI is InChI=1S/C14H23N3/c1-10(2)17-9-14(3,4)16-13-11(8-15)6-5-7-12(13)17/h5-7,10,16H,8-9,15H2,1-4H3. The van der Waals surface area contributed by atoms with Gasteiger partial charge in [-0.05, 0) is 39.3 Å². The van der Waals surface area contributed by atoms with Crippen LogP contribution in [0.3, 0.4) is 0 Å². The summed E-state index contributed by atoms with van der Waals surface area (Å²) in [4.78, 5) is 2.45. The Labute approximate surface area is 104 Å². The number of hydrogen-bond acceptors (Lipinski definition) is 3. The normalized spacial score (nSPS) is 17.9. The topological polar surface area (TPSA) is 41.3 Å². The van der Waals surface area contributed by atoms with Crippen molar-refractivity contribution >= 4 is 11.4 Å². The highest BCUT2D eigenvalue weighted by Crippen LogP contribution is 2.37. The van der Waals surface area contributed by atoms with Crippen molar-refractivity contribution in [3.05, 3.63) is 23.8 Å². The first kappa shape index (κ1) is 12.2. The number of nitrogens with one attached hydrogen (secondary N) is 1. The minimum Gasteiger partial charge on any atom is -0.376 e. The van der Waals surface area contributed by atoms with E-state index in [2.05, 4.69) is 56.1 Å². The monoisotopic (exact) mass is 233 g/mol. The average molecular weight is 233 g/mol. The van der Waals surface area contributed by atoms with Crippen molar-refractivity contribution in [2.75, 3.05) is 16.8 Å². The highest BCUT2D eigenvalue weighted by Gasteiger charge is 2.31. The minimum atomic E-state index is 0.0859. The molecule has 2 rings (SSSR count). The lowest BCUT2D eigenvalue weighted by Gasteiger charge is -2.44. The van der Waals surface area contributed by atoms with Crippen LogP contribution in [-0.2, 0) is 6.54 Å². The molecule has 0 saturated carbocycles. The van der Waals surface area contributed by atoms with Gasteiger partial charge in [-0.15, -0.1) is 0 Å². The number of benzene rings is 1. The molecule has 0 aliphatic carbocycles. The fourth-order valence-electron chi connectivity index (χ4n) is 2.49. The number of para-hydroxylation sites is 1. The van der Waals surface area contributed by atoms with Gasteiger partial charge in [-0.2, -0.15) is 0 Å². The first-order valence-electron chi connectivity index (χ1n) is 6.31. The van der Waals surface area contributed by atoms with E-state index in [0.717, 1.165) is 6.54 Å². The molecule has 1 aliphatic heterocycles. The second-order valence-corrected chi connectivity index (χ2v) is 5.75. The number of rotatable bonds is 2. The van der Waals surface area contributed by atoms with Crippen LogP contribution in [0, 0.1) is 0 Å². The summed E-state index contributed by atoms with van der Waals surface area (Å²) in [5.74, 6) is 0. The summed E-state index contributed by atoms with van der Waals surface area (Å²) in [5.41, 5.74) is 9.59. The van der Waals surface area contributed by atoms with Crippen LogP contribution < -0.4 is 16.0 Å². The van der Waals surface area contributed by atoms with Gasteiger partial charge in [-0.25, -0.2) is 0 Å². The number of nitrogens with two attached hydrogens (primary N) is 1. The maximum absolute atomic E-state index is 5.83. The lowest BCUT2D eigenvalue weighted by atomic mass is 9.96. The van der Waals surface area contributed by atoms with Gasteiger partial charge >= 0.3 is 0 Å². The predicted octanol–water partition coefficient (Wildman–Crippen LogP) is 2.56. The molecule has 0 fully saturated rings. The van der Waals surface area contributed by atoms with Gasteiger partial charge in [0.2, 0.25) is 0 Å². The predicted molar refractivity (Wildman–Crippen MR) is 74.5 cm³/mol. The Balaban J connectivity index is 2.52. The largest absolute Gasteiger partial charge is 0.376 e. The molecule has 0 radical (unpaired) electrons. The van der Waals surface area contributed by atoms with E-state index in [4.69, 9.17) is 5.73 Å². The van der Waals surface area contributed by atoms with E-state index in [1.54, 1.807) is 0 Å². The zero-order chi connectivity index (χ0) is 12.6. The van der Waals surface area contributed by atoms with E-state index < -0.39 is 0 Å². The SMILES string of the molecule is CC(C)N1CC(C)(C)Nc2c(CN)cccc21. The van der Waals surface area contributed by atoms with Crippen molar-refractivity contribution in [1.29, 1.82) is 0 Å². The van der Waals surface area contributed by atoms with E-state index in [1.165, 1.54) is 16.9 Å². The maximum atomic E-state index is 5.83. The molecule has 0 aromatic heterocycles. The first-order valence-corrected chi connectivity index (χ1v) is 6.31. The summed E-state index contributed by atoms with van der Waals surface area (Å²) in [6.07, 6.45) is 0. The molecule has 0 saturated heterocycles. The third kappa shape index (κ3) is 2.25. The number of anilines is 2. The van der Waals surface area contributed by atoms with Crippen molar-refractivity contribution in [1.82, 2.24) is 0 Å². The molecule has 1 aliphatic rings. The van der Waals surface area contributed by atoms with E-state index in [9.17, 15) is 0 Å². The maximum Gasteiger partial charge on any atom is 0.0628 e. The van der Waals surface area contributed by atoms with E-state index in [0.29, 0.717) is 12.6 Å². The van der Waals surface area contributed by atoms with Crippen LogP contribution in [0.1, 0.15) is 33.3 Å². The van der Waals surface area contributed by atoms with Gasteiger partial charge in [-0.1, -0.05) is 12.1 Å². The molecule has 0 amide bonds. The minimum absolute atomic E-state index is 0.0859. The lowest BCUT2D eigenvalue weighted by molar-refractivity contribution is 0.506. The number of fused-ring (bicyclic) bond motifs is 1. The van der Waals surface area contributed by atoms with Crippen molar-refractivity contribution in [2.24, 2.45) is 5.73 Å². The van der Waals surface area contributed by atoms with Gasteiger partial charge in [0.25, 0.3) is 0 Å². The zero-order valence-corrected chi connectivity index (χ0v) is 11.2. The van der Waals surface area contributed by atoms with E-state index in [1.807, 2.05) is 0 Å². The molecular weight excluding hydrogens is 210 g/mol. The average Bonchev–Trinajstić information content (AvgIpc) is 2.26. The molecule has 1 heterocycles. The van der Waals surface area contributed by atoms with Crippen LogP contribution >= 0.6 is 0 Å². The van der Waals surface area contributed by atoms with Gasteiger partial charge in [-0.3, -0.25) is 0 Å². The van der Waals surface area contributed by atoms with Crippen LogP contribution in [0.5, 0.6) is 0 Å². The van der Waals surface area contributed by atoms with Crippen LogP contribution in [0.4, 0.5) is 11.4 Å². The molecular formula is C14H23N3. The Kier molecular flexibility index (Phi) is 3.04. The molecule has 0 spiro atoms. The van der Waals surface area contributed by atoms with Crippen molar-refractivity contribution < 1.29 is 0 Å². The summed E-state index contributed by atoms with van der Waals surface area (Å²) in [6.45, 7) is 10.5. The Morgan fingerprint density at radius 3 is 2.71 bits per heavy atom. The Morgan fingerprint density at radius 1 is 1.41 bits per heavy atom. The molecule has 17 heavy (non-hydrogen) atoms. The van der Waals surface area contributed by atoms with Gasteiger partial charge < -0.3 is 16.0 Å². The smallest absolute Gasteiger partial charge is 0.0628 e. The highest BCUT2D eigenvalue weighted by molar-refractivity contribution is 5.77. The van der Waals surface area contributed by atoms with Crippen LogP contribution in [0.15, 0.2) is 18.2 Å². The fourth-order valence-corrected chi connectivity index (χ4v) is 2.49. The Hall–Kier alpha value is -1.22. The summed E-state index contributed by atoms with van der Waals surface area (Å²) < 4.78 is 0. The third-order valence-electron chi connectivity index (χ3n) is 3.31. The molecule has 1 aromatic carbocycles. The summed E-state index contributed by atoms with van der Waals surface area (Å²) in [5, 5.41) is 3.62. The second kappa shape index (κ2) is 4.22. The van der Waals surface area contributed by atoms with Crippen LogP contribution in [0.2, 0.25) is 0 Å². The number of hydrogen-bond donors (Lipinski definition) is 2. The van der Waals surface area contributed by atoms with Crippen LogP contribution in [0.25, 0.3) is 0 Å². The van der Waals surface area contributed by atoms with E-state index in [-0.39, 0.29) is 5.54 Å². The molecule has 3 heteroatoms. The fraction of sp³-hybridized carbons (Fsp3) is 0.571. The quantitative estimate of drug-likeness (QED) is 0.825. The van der Waals surface area contributed by atoms with Crippen molar-refractivity contribution in [2.45, 2.75) is 45.8 Å². The van der Waals surface area contributed by atoms with Crippen LogP contribution in [-0.4, -0.2) is 18.1 Å². The highest BCUT2D eigenvalue weighted by atomic mass is 15.2. The van der Waals surface area contributed by atoms with Crippen molar-refractivity contribution in [3.63, 3.8) is 0 Å². The summed E-state index contributed by atoms with van der Waals surface area (Å²) >= 11 is 0. The van der Waals surface area contributed by atoms with Gasteiger partial charge in [0, 0.05) is 24.7 Å². The zero-order valence-electron chi connectivity index (χ0n) is 11.2. The molecule has 0 unspecified atom stereocenters. The molecule has 0 atom stereocenters. The van der Waals surface area contributed by atoms with Crippen molar-refractivity contribution in [3.8, 4) is 0 Å². The summed E-state index contributed by atoms with van der Waals surface area (Å²) in [7, 11) is 0.